The predicted molar refractivity (Wildman–Crippen MR) is 44.2 cm³/mol. The van der Waals surface area contributed by atoms with E-state index in [1.165, 1.54) is 0 Å². The summed E-state index contributed by atoms with van der Waals surface area (Å²) in [6.45, 7) is 0. The van der Waals surface area contributed by atoms with E-state index in [2.05, 4.69) is 21.8 Å². The van der Waals surface area contributed by atoms with Gasteiger partial charge >= 0.3 is 0 Å². The third kappa shape index (κ3) is 3.01. The maximum atomic E-state index is 5.42. The monoisotopic (exact) mass is 166 g/mol. The van der Waals surface area contributed by atoms with Crippen molar-refractivity contribution < 1.29 is 0 Å². The van der Waals surface area contributed by atoms with Crippen molar-refractivity contribution >= 4 is 11.6 Å². The Morgan fingerprint density at radius 1 is 1.36 bits per heavy atom. The van der Waals surface area contributed by atoms with Gasteiger partial charge in [-0.2, -0.15) is 0 Å². The topological polar surface area (TPSA) is 25.8 Å². The lowest BCUT2D eigenvalue weighted by Crippen LogP contribution is -1.84. The van der Waals surface area contributed by atoms with Crippen LogP contribution < -0.4 is 0 Å². The summed E-state index contributed by atoms with van der Waals surface area (Å²) in [4.78, 5) is 7.85. The van der Waals surface area contributed by atoms with E-state index < -0.39 is 0 Å². The van der Waals surface area contributed by atoms with E-state index in [0.717, 1.165) is 0 Å². The summed E-state index contributed by atoms with van der Waals surface area (Å²) in [7, 11) is 0. The van der Waals surface area contributed by atoms with Crippen LogP contribution in [0.15, 0.2) is 18.5 Å². The molecule has 11 heavy (non-hydrogen) atoms. The van der Waals surface area contributed by atoms with Gasteiger partial charge in [0, 0.05) is 24.7 Å². The second-order valence-electron chi connectivity index (χ2n) is 1.81. The average molecular weight is 167 g/mol. The maximum Gasteiger partial charge on any atom is 0.204 e. The van der Waals surface area contributed by atoms with Crippen molar-refractivity contribution in [1.82, 2.24) is 9.97 Å². The van der Waals surface area contributed by atoms with Gasteiger partial charge in [-0.25, -0.2) is 9.97 Å². The Morgan fingerprint density at radius 3 is 2.73 bits per heavy atom. The average Bonchev–Trinajstić information content (AvgIpc) is 2.07. The van der Waals surface area contributed by atoms with Crippen molar-refractivity contribution in [3.63, 3.8) is 0 Å². The molecule has 0 amide bonds. The van der Waals surface area contributed by atoms with E-state index >= 15 is 0 Å². The molecule has 0 aromatic carbocycles. The zero-order valence-corrected chi connectivity index (χ0v) is 6.67. The molecule has 0 unspecified atom stereocenters. The number of hydrogen-bond acceptors (Lipinski definition) is 2. The molecule has 0 spiro atoms. The van der Waals surface area contributed by atoms with Crippen molar-refractivity contribution in [3.8, 4) is 11.8 Å². The number of aromatic nitrogens is 2. The molecule has 0 radical (unpaired) electrons. The van der Waals surface area contributed by atoms with Crippen LogP contribution in [0, 0.1) is 11.8 Å². The van der Waals surface area contributed by atoms with Crippen molar-refractivity contribution in [2.45, 2.75) is 6.42 Å². The van der Waals surface area contributed by atoms with Gasteiger partial charge in [-0.3, -0.25) is 0 Å². The molecule has 3 heteroatoms. The molecule has 0 aliphatic rings. The van der Waals surface area contributed by atoms with E-state index in [-0.39, 0.29) is 0 Å². The molecule has 56 valence electrons. The molecule has 0 N–H and O–H groups in total. The highest BCUT2D eigenvalue weighted by atomic mass is 35.5. The molecular formula is C8H7ClN2. The van der Waals surface area contributed by atoms with Gasteiger partial charge < -0.3 is 0 Å². The Labute approximate surface area is 70.6 Å². The van der Waals surface area contributed by atoms with Crippen molar-refractivity contribution in [1.29, 1.82) is 0 Å². The molecule has 0 saturated heterocycles. The van der Waals surface area contributed by atoms with Gasteiger partial charge in [0.05, 0.1) is 0 Å². The molecule has 0 atom stereocenters. The standard InChI is InChI=1S/C8H7ClN2/c9-5-2-1-4-8-10-6-3-7-11-8/h3,6-7H,2,5H2. The smallest absolute Gasteiger partial charge is 0.204 e. The molecule has 0 aliphatic carbocycles. The van der Waals surface area contributed by atoms with Gasteiger partial charge in [-0.1, -0.05) is 5.92 Å². The Balaban J connectivity index is 2.59. The molecule has 2 nitrogen and oxygen atoms in total. The fourth-order valence-corrected chi connectivity index (χ4v) is 0.647. The normalized spacial score (nSPS) is 8.45. The molecule has 1 rings (SSSR count). The lowest BCUT2D eigenvalue weighted by atomic mass is 10.4. The zero-order chi connectivity index (χ0) is 7.94. The Morgan fingerprint density at radius 2 is 2.09 bits per heavy atom. The Kier molecular flexibility index (Phi) is 3.43. The minimum absolute atomic E-state index is 0.553. The number of alkyl halides is 1. The van der Waals surface area contributed by atoms with E-state index in [0.29, 0.717) is 18.1 Å². The highest BCUT2D eigenvalue weighted by Crippen LogP contribution is 1.85. The van der Waals surface area contributed by atoms with Gasteiger partial charge in [0.15, 0.2) is 0 Å². The number of nitrogens with zero attached hydrogens (tertiary/aromatic N) is 2. The first-order chi connectivity index (χ1) is 5.43. The summed E-state index contributed by atoms with van der Waals surface area (Å²) in [6, 6.07) is 1.76. The van der Waals surface area contributed by atoms with Crippen LogP contribution in [0.1, 0.15) is 12.2 Å². The summed E-state index contributed by atoms with van der Waals surface area (Å²) in [5.41, 5.74) is 0. The summed E-state index contributed by atoms with van der Waals surface area (Å²) in [5.74, 6) is 6.74. The number of hydrogen-bond donors (Lipinski definition) is 0. The molecule has 1 aromatic heterocycles. The summed E-state index contributed by atoms with van der Waals surface area (Å²) in [6.07, 6.45) is 4.01. The van der Waals surface area contributed by atoms with E-state index in [4.69, 9.17) is 11.6 Å². The van der Waals surface area contributed by atoms with Gasteiger partial charge in [-0.05, 0) is 12.0 Å². The highest BCUT2D eigenvalue weighted by molar-refractivity contribution is 6.18. The van der Waals surface area contributed by atoms with Gasteiger partial charge in [0.1, 0.15) is 0 Å². The first-order valence-electron chi connectivity index (χ1n) is 3.25. The van der Waals surface area contributed by atoms with Crippen LogP contribution >= 0.6 is 11.6 Å². The fourth-order valence-electron chi connectivity index (χ4n) is 0.552. The van der Waals surface area contributed by atoms with Crippen LogP contribution in [-0.2, 0) is 0 Å². The fraction of sp³-hybridized carbons (Fsp3) is 0.250. The third-order valence-electron chi connectivity index (χ3n) is 0.985. The van der Waals surface area contributed by atoms with Crippen LogP contribution in [0.25, 0.3) is 0 Å². The molecule has 0 fully saturated rings. The van der Waals surface area contributed by atoms with E-state index in [9.17, 15) is 0 Å². The van der Waals surface area contributed by atoms with Crippen LogP contribution in [0.3, 0.4) is 0 Å². The quantitative estimate of drug-likeness (QED) is 0.466. The van der Waals surface area contributed by atoms with Crippen LogP contribution in [0.4, 0.5) is 0 Å². The summed E-state index contributed by atoms with van der Waals surface area (Å²) >= 11 is 5.42. The molecule has 1 heterocycles. The molecule has 0 saturated carbocycles. The number of rotatable bonds is 1. The molecule has 0 aliphatic heterocycles. The minimum atomic E-state index is 0.553. The van der Waals surface area contributed by atoms with Gasteiger partial charge in [0.2, 0.25) is 5.82 Å². The zero-order valence-electron chi connectivity index (χ0n) is 5.92. The van der Waals surface area contributed by atoms with Gasteiger partial charge in [-0.15, -0.1) is 11.6 Å². The number of halogens is 1. The highest BCUT2D eigenvalue weighted by Gasteiger charge is 1.82. The van der Waals surface area contributed by atoms with Crippen molar-refractivity contribution in [2.75, 3.05) is 5.88 Å². The molecular weight excluding hydrogens is 160 g/mol. The third-order valence-corrected chi connectivity index (χ3v) is 1.17. The lowest BCUT2D eigenvalue weighted by molar-refractivity contribution is 1.12. The first-order valence-corrected chi connectivity index (χ1v) is 3.79. The van der Waals surface area contributed by atoms with Crippen LogP contribution in [-0.4, -0.2) is 15.8 Å². The second kappa shape index (κ2) is 4.70. The van der Waals surface area contributed by atoms with E-state index in [1.807, 2.05) is 0 Å². The van der Waals surface area contributed by atoms with Gasteiger partial charge in [0.25, 0.3) is 0 Å². The Bertz CT molecular complexity index is 260. The van der Waals surface area contributed by atoms with Crippen LogP contribution in [0.2, 0.25) is 0 Å². The lowest BCUT2D eigenvalue weighted by Gasteiger charge is -1.83. The predicted octanol–water partition coefficient (Wildman–Crippen LogP) is 1.46. The molecule has 1 aromatic rings. The summed E-state index contributed by atoms with van der Waals surface area (Å²) in [5, 5.41) is 0. The molecule has 0 bridgehead atoms. The van der Waals surface area contributed by atoms with Crippen LogP contribution in [0.5, 0.6) is 0 Å². The largest absolute Gasteiger partial charge is 0.229 e. The van der Waals surface area contributed by atoms with Crippen molar-refractivity contribution in [2.24, 2.45) is 0 Å². The SMILES string of the molecule is ClCCC#Cc1ncccn1. The second-order valence-corrected chi connectivity index (χ2v) is 2.19. The first kappa shape index (κ1) is 8.03. The van der Waals surface area contributed by atoms with E-state index in [1.54, 1.807) is 18.5 Å². The maximum absolute atomic E-state index is 5.42. The minimum Gasteiger partial charge on any atom is -0.229 e. The van der Waals surface area contributed by atoms with Crippen molar-refractivity contribution in [3.05, 3.63) is 24.3 Å². The Hall–Kier alpha value is -1.07. The summed E-state index contributed by atoms with van der Waals surface area (Å²) < 4.78 is 0.